The Morgan fingerprint density at radius 1 is 0.957 bits per heavy atom. The van der Waals surface area contributed by atoms with Gasteiger partial charge in [0.1, 0.15) is 10.8 Å². The molecule has 0 spiro atoms. The topological polar surface area (TPSA) is 56.3 Å². The SMILES string of the molecule is COc1ccc(-c2csc(-c3ccc(C=O)c(C=O)c3)n2)cc1. The van der Waals surface area contributed by atoms with E-state index in [1.807, 2.05) is 29.6 Å². The van der Waals surface area contributed by atoms with Gasteiger partial charge in [-0.25, -0.2) is 4.98 Å². The summed E-state index contributed by atoms with van der Waals surface area (Å²) in [5.41, 5.74) is 3.44. The number of hydrogen-bond donors (Lipinski definition) is 0. The molecule has 0 saturated carbocycles. The van der Waals surface area contributed by atoms with Crippen molar-refractivity contribution in [1.82, 2.24) is 4.98 Å². The van der Waals surface area contributed by atoms with Crippen molar-refractivity contribution in [2.75, 3.05) is 7.11 Å². The zero-order chi connectivity index (χ0) is 16.2. The van der Waals surface area contributed by atoms with Crippen molar-refractivity contribution in [3.8, 4) is 27.6 Å². The van der Waals surface area contributed by atoms with E-state index in [1.165, 1.54) is 11.3 Å². The predicted molar refractivity (Wildman–Crippen MR) is 90.3 cm³/mol. The molecule has 0 N–H and O–H groups in total. The van der Waals surface area contributed by atoms with Gasteiger partial charge in [0.15, 0.2) is 12.6 Å². The molecule has 0 aliphatic carbocycles. The number of benzene rings is 2. The Labute approximate surface area is 137 Å². The van der Waals surface area contributed by atoms with E-state index in [-0.39, 0.29) is 0 Å². The molecule has 2 aromatic carbocycles. The molecule has 0 unspecified atom stereocenters. The van der Waals surface area contributed by atoms with Crippen molar-refractivity contribution in [1.29, 1.82) is 0 Å². The number of hydrogen-bond acceptors (Lipinski definition) is 5. The summed E-state index contributed by atoms with van der Waals surface area (Å²) < 4.78 is 5.15. The maximum absolute atomic E-state index is 11.1. The summed E-state index contributed by atoms with van der Waals surface area (Å²) in [5.74, 6) is 0.796. The highest BCUT2D eigenvalue weighted by Gasteiger charge is 2.09. The van der Waals surface area contributed by atoms with Crippen LogP contribution in [0.3, 0.4) is 0 Å². The first-order valence-electron chi connectivity index (χ1n) is 6.90. The van der Waals surface area contributed by atoms with E-state index >= 15 is 0 Å². The zero-order valence-corrected chi connectivity index (χ0v) is 13.2. The van der Waals surface area contributed by atoms with E-state index in [0.717, 1.165) is 27.6 Å². The van der Waals surface area contributed by atoms with Gasteiger partial charge in [0.2, 0.25) is 0 Å². The second kappa shape index (κ2) is 6.54. The van der Waals surface area contributed by atoms with Crippen LogP contribution in [-0.4, -0.2) is 24.7 Å². The minimum atomic E-state index is 0.374. The summed E-state index contributed by atoms with van der Waals surface area (Å²) in [6.07, 6.45) is 1.36. The molecule has 23 heavy (non-hydrogen) atoms. The van der Waals surface area contributed by atoms with E-state index in [0.29, 0.717) is 23.7 Å². The standard InChI is InChI=1S/C18H13NO3S/c1-22-16-6-4-12(5-7-16)17-11-23-18(19-17)13-2-3-14(9-20)15(8-13)10-21/h2-11H,1H3. The molecule has 4 nitrogen and oxygen atoms in total. The van der Waals surface area contributed by atoms with Gasteiger partial charge in [-0.2, -0.15) is 0 Å². The molecule has 0 radical (unpaired) electrons. The molecule has 0 fully saturated rings. The predicted octanol–water partition coefficient (Wildman–Crippen LogP) is 4.11. The minimum absolute atomic E-state index is 0.374. The third-order valence-corrected chi connectivity index (χ3v) is 4.37. The molecule has 1 aromatic heterocycles. The Balaban J connectivity index is 1.95. The molecule has 1 heterocycles. The van der Waals surface area contributed by atoms with Crippen LogP contribution in [0.4, 0.5) is 0 Å². The van der Waals surface area contributed by atoms with E-state index in [2.05, 4.69) is 4.98 Å². The summed E-state index contributed by atoms with van der Waals surface area (Å²) in [6.45, 7) is 0. The second-order valence-electron chi connectivity index (χ2n) is 4.85. The Hall–Kier alpha value is -2.79. The van der Waals surface area contributed by atoms with E-state index < -0.39 is 0 Å². The third kappa shape index (κ3) is 3.05. The van der Waals surface area contributed by atoms with Crippen LogP contribution in [0.2, 0.25) is 0 Å². The van der Waals surface area contributed by atoms with Gasteiger partial charge in [0.25, 0.3) is 0 Å². The van der Waals surface area contributed by atoms with Gasteiger partial charge in [-0.3, -0.25) is 9.59 Å². The Kier molecular flexibility index (Phi) is 4.30. The van der Waals surface area contributed by atoms with Gasteiger partial charge in [-0.15, -0.1) is 11.3 Å². The van der Waals surface area contributed by atoms with Crippen molar-refractivity contribution in [2.24, 2.45) is 0 Å². The van der Waals surface area contributed by atoms with Crippen molar-refractivity contribution >= 4 is 23.9 Å². The molecule has 3 aromatic rings. The highest BCUT2D eigenvalue weighted by Crippen LogP contribution is 2.30. The van der Waals surface area contributed by atoms with E-state index in [4.69, 9.17) is 4.74 Å². The average molecular weight is 323 g/mol. The normalized spacial score (nSPS) is 10.3. The number of methoxy groups -OCH3 is 1. The number of aldehydes is 2. The first-order chi connectivity index (χ1) is 11.2. The van der Waals surface area contributed by atoms with Crippen LogP contribution < -0.4 is 4.74 Å². The van der Waals surface area contributed by atoms with Crippen molar-refractivity contribution in [3.63, 3.8) is 0 Å². The Bertz CT molecular complexity index is 853. The average Bonchev–Trinajstić information content (AvgIpc) is 3.11. The van der Waals surface area contributed by atoms with Crippen LogP contribution in [0.5, 0.6) is 5.75 Å². The molecule has 0 saturated heterocycles. The lowest BCUT2D eigenvalue weighted by Gasteiger charge is -2.01. The molecule has 0 aliphatic rings. The summed E-state index contributed by atoms with van der Waals surface area (Å²) in [6, 6.07) is 12.8. The summed E-state index contributed by atoms with van der Waals surface area (Å²) in [4.78, 5) is 26.6. The van der Waals surface area contributed by atoms with Gasteiger partial charge >= 0.3 is 0 Å². The number of rotatable bonds is 5. The maximum Gasteiger partial charge on any atom is 0.150 e. The van der Waals surface area contributed by atoms with E-state index in [9.17, 15) is 9.59 Å². The zero-order valence-electron chi connectivity index (χ0n) is 12.4. The second-order valence-corrected chi connectivity index (χ2v) is 5.70. The highest BCUT2D eigenvalue weighted by atomic mass is 32.1. The molecular formula is C18H13NO3S. The van der Waals surface area contributed by atoms with Crippen LogP contribution in [0, 0.1) is 0 Å². The smallest absolute Gasteiger partial charge is 0.150 e. The van der Waals surface area contributed by atoms with Gasteiger partial charge in [-0.1, -0.05) is 12.1 Å². The quantitative estimate of drug-likeness (QED) is 0.663. The lowest BCUT2D eigenvalue weighted by Crippen LogP contribution is -1.91. The van der Waals surface area contributed by atoms with E-state index in [1.54, 1.807) is 25.3 Å². The van der Waals surface area contributed by atoms with Crippen LogP contribution in [0.25, 0.3) is 21.8 Å². The number of thiazole rings is 1. The number of ether oxygens (including phenoxy) is 1. The van der Waals surface area contributed by atoms with Crippen LogP contribution in [-0.2, 0) is 0 Å². The van der Waals surface area contributed by atoms with Crippen molar-refractivity contribution < 1.29 is 14.3 Å². The number of nitrogens with zero attached hydrogens (tertiary/aromatic N) is 1. The van der Waals surface area contributed by atoms with Crippen LogP contribution >= 0.6 is 11.3 Å². The summed E-state index contributed by atoms with van der Waals surface area (Å²) in [5, 5.41) is 2.77. The molecule has 0 bridgehead atoms. The third-order valence-electron chi connectivity index (χ3n) is 3.48. The monoisotopic (exact) mass is 323 g/mol. The molecule has 0 atom stereocenters. The van der Waals surface area contributed by atoms with Crippen molar-refractivity contribution in [3.05, 3.63) is 59.0 Å². The minimum Gasteiger partial charge on any atom is -0.497 e. The van der Waals surface area contributed by atoms with Gasteiger partial charge < -0.3 is 4.74 Å². The molecular weight excluding hydrogens is 310 g/mol. The molecule has 0 aliphatic heterocycles. The fourth-order valence-electron chi connectivity index (χ4n) is 2.22. The van der Waals surface area contributed by atoms with Gasteiger partial charge in [0.05, 0.1) is 12.8 Å². The number of aromatic nitrogens is 1. The fraction of sp³-hybridized carbons (Fsp3) is 0.0556. The molecule has 114 valence electrons. The highest BCUT2D eigenvalue weighted by molar-refractivity contribution is 7.13. The lowest BCUT2D eigenvalue weighted by molar-refractivity contribution is 0.109. The largest absolute Gasteiger partial charge is 0.497 e. The van der Waals surface area contributed by atoms with Crippen LogP contribution in [0.1, 0.15) is 20.7 Å². The summed E-state index contributed by atoms with van der Waals surface area (Å²) >= 11 is 1.49. The van der Waals surface area contributed by atoms with Crippen molar-refractivity contribution in [2.45, 2.75) is 0 Å². The molecule has 0 amide bonds. The molecule has 5 heteroatoms. The number of carbonyl (C=O) groups excluding carboxylic acids is 2. The first-order valence-corrected chi connectivity index (χ1v) is 7.78. The Morgan fingerprint density at radius 3 is 2.30 bits per heavy atom. The van der Waals surface area contributed by atoms with Gasteiger partial charge in [-0.05, 0) is 30.3 Å². The van der Waals surface area contributed by atoms with Gasteiger partial charge in [0, 0.05) is 27.6 Å². The summed E-state index contributed by atoms with van der Waals surface area (Å²) in [7, 11) is 1.63. The molecule has 3 rings (SSSR count). The fourth-order valence-corrected chi connectivity index (χ4v) is 3.04. The Morgan fingerprint density at radius 2 is 1.65 bits per heavy atom. The maximum atomic E-state index is 11.1. The lowest BCUT2D eigenvalue weighted by atomic mass is 10.1. The van der Waals surface area contributed by atoms with Crippen LogP contribution in [0.15, 0.2) is 47.8 Å². The first kappa shape index (κ1) is 15.1. The number of carbonyl (C=O) groups is 2.